The zero-order valence-electron chi connectivity index (χ0n) is 17.7. The van der Waals surface area contributed by atoms with Crippen LogP contribution in [0.5, 0.6) is 17.4 Å². The molecule has 1 aliphatic heterocycles. The number of methoxy groups -OCH3 is 2. The number of ether oxygens (including phenoxy) is 4. The topological polar surface area (TPSA) is 109 Å². The Hall–Kier alpha value is -3.07. The number of pyridine rings is 2. The summed E-state index contributed by atoms with van der Waals surface area (Å²) >= 11 is 0. The average molecular weight is 418 g/mol. The number of hydrogen-bond acceptors (Lipinski definition) is 7. The third kappa shape index (κ3) is 3.85. The molecule has 30 heavy (non-hydrogen) atoms. The van der Waals surface area contributed by atoms with Gasteiger partial charge in [0.05, 0.1) is 19.4 Å². The largest absolute Gasteiger partial charge is 0.488 e. The quantitative estimate of drug-likeness (QED) is 0.652. The lowest BCUT2D eigenvalue weighted by Gasteiger charge is -2.32. The number of aromatic nitrogens is 2. The van der Waals surface area contributed by atoms with Crippen molar-refractivity contribution >= 4 is 5.97 Å². The molecule has 0 spiro atoms. The standard InChI is InChI=1S/C21H26N2O7/c1-11(2)18-12-9-13(21(25)26)20(24)23(3)17(12)16-14(30-18)10-15(19(22-16)28-5)29-8-6-7-27-4/h9-11,18H,6-8H2,1-5H3,(H,25,26)/t18-/m1/s1. The predicted molar refractivity (Wildman–Crippen MR) is 109 cm³/mol. The van der Waals surface area contributed by atoms with E-state index < -0.39 is 17.6 Å². The summed E-state index contributed by atoms with van der Waals surface area (Å²) in [5.41, 5.74) is 0.588. The molecule has 2 aromatic heterocycles. The number of aromatic carboxylic acids is 1. The Labute approximate surface area is 174 Å². The smallest absolute Gasteiger partial charge is 0.341 e. The van der Waals surface area contributed by atoms with E-state index in [9.17, 15) is 14.7 Å². The summed E-state index contributed by atoms with van der Waals surface area (Å²) in [6, 6.07) is 3.08. The summed E-state index contributed by atoms with van der Waals surface area (Å²) < 4.78 is 23.7. The molecule has 0 bridgehead atoms. The molecule has 0 unspecified atom stereocenters. The molecule has 0 amide bonds. The van der Waals surface area contributed by atoms with E-state index in [1.807, 2.05) is 13.8 Å². The molecule has 1 aliphatic rings. The van der Waals surface area contributed by atoms with Crippen LogP contribution in [-0.4, -0.2) is 48.1 Å². The molecule has 0 saturated carbocycles. The van der Waals surface area contributed by atoms with E-state index in [1.54, 1.807) is 13.2 Å². The van der Waals surface area contributed by atoms with Gasteiger partial charge in [0.2, 0.25) is 0 Å². The summed E-state index contributed by atoms with van der Waals surface area (Å²) in [7, 11) is 4.63. The van der Waals surface area contributed by atoms with Crippen LogP contribution in [0, 0.1) is 5.92 Å². The monoisotopic (exact) mass is 418 g/mol. The molecule has 3 heterocycles. The van der Waals surface area contributed by atoms with Gasteiger partial charge >= 0.3 is 5.97 Å². The summed E-state index contributed by atoms with van der Waals surface area (Å²) in [6.07, 6.45) is 0.246. The fourth-order valence-electron chi connectivity index (χ4n) is 3.48. The van der Waals surface area contributed by atoms with Crippen molar-refractivity contribution in [3.63, 3.8) is 0 Å². The number of fused-ring (bicyclic) bond motifs is 3. The first-order chi connectivity index (χ1) is 14.3. The van der Waals surface area contributed by atoms with E-state index >= 15 is 0 Å². The summed E-state index contributed by atoms with van der Waals surface area (Å²) in [6.45, 7) is 4.90. The molecule has 0 aromatic carbocycles. The van der Waals surface area contributed by atoms with Gasteiger partial charge in [-0.15, -0.1) is 0 Å². The van der Waals surface area contributed by atoms with Gasteiger partial charge in [-0.05, 0) is 12.0 Å². The molecule has 2 aromatic rings. The summed E-state index contributed by atoms with van der Waals surface area (Å²) in [5, 5.41) is 9.44. The van der Waals surface area contributed by atoms with Gasteiger partial charge in [-0.1, -0.05) is 13.8 Å². The number of carbonyl (C=O) groups is 1. The number of carboxylic acids is 1. The van der Waals surface area contributed by atoms with Crippen molar-refractivity contribution in [2.75, 3.05) is 27.4 Å². The van der Waals surface area contributed by atoms with Gasteiger partial charge in [0, 0.05) is 38.8 Å². The minimum Gasteiger partial charge on any atom is -0.488 e. The van der Waals surface area contributed by atoms with Gasteiger partial charge in [-0.25, -0.2) is 9.78 Å². The molecule has 1 N–H and O–H groups in total. The van der Waals surface area contributed by atoms with Crippen LogP contribution in [0.3, 0.4) is 0 Å². The van der Waals surface area contributed by atoms with Crippen LogP contribution < -0.4 is 19.8 Å². The van der Waals surface area contributed by atoms with Crippen molar-refractivity contribution in [3.8, 4) is 28.8 Å². The number of nitrogens with zero attached hydrogens (tertiary/aromatic N) is 2. The van der Waals surface area contributed by atoms with Crippen LogP contribution in [-0.2, 0) is 11.8 Å². The first kappa shape index (κ1) is 21.6. The molecule has 0 radical (unpaired) electrons. The van der Waals surface area contributed by atoms with E-state index in [0.29, 0.717) is 48.1 Å². The first-order valence-electron chi connectivity index (χ1n) is 9.65. The van der Waals surface area contributed by atoms with Crippen LogP contribution in [0.4, 0.5) is 0 Å². The minimum atomic E-state index is -1.28. The molecule has 0 aliphatic carbocycles. The Bertz CT molecular complexity index is 1010. The second-order valence-electron chi connectivity index (χ2n) is 7.35. The second kappa shape index (κ2) is 8.74. The molecule has 9 nitrogen and oxygen atoms in total. The molecule has 162 valence electrons. The lowest BCUT2D eigenvalue weighted by atomic mass is 9.92. The van der Waals surface area contributed by atoms with Crippen molar-refractivity contribution in [3.05, 3.63) is 33.6 Å². The Kier molecular flexibility index (Phi) is 6.31. The lowest BCUT2D eigenvalue weighted by Crippen LogP contribution is -2.31. The fourth-order valence-corrected chi connectivity index (χ4v) is 3.48. The number of hydrogen-bond donors (Lipinski definition) is 1. The van der Waals surface area contributed by atoms with Crippen molar-refractivity contribution in [2.45, 2.75) is 26.4 Å². The lowest BCUT2D eigenvalue weighted by molar-refractivity contribution is 0.0693. The highest BCUT2D eigenvalue weighted by Crippen LogP contribution is 2.46. The van der Waals surface area contributed by atoms with E-state index in [2.05, 4.69) is 4.98 Å². The zero-order valence-corrected chi connectivity index (χ0v) is 17.7. The molecule has 9 heteroatoms. The summed E-state index contributed by atoms with van der Waals surface area (Å²) in [4.78, 5) is 28.7. The molecule has 1 atom stereocenters. The van der Waals surface area contributed by atoms with E-state index in [0.717, 1.165) is 0 Å². The van der Waals surface area contributed by atoms with Gasteiger partial charge in [-0.2, -0.15) is 0 Å². The maximum Gasteiger partial charge on any atom is 0.341 e. The molecular weight excluding hydrogens is 392 g/mol. The SMILES string of the molecule is COCCCOc1cc2c(nc1OC)-c1c(cc(C(=O)O)c(=O)n1C)[C@@H](C(C)C)O2. The normalized spacial score (nSPS) is 14.7. The Balaban J connectivity index is 2.17. The van der Waals surface area contributed by atoms with Crippen molar-refractivity contribution < 1.29 is 28.8 Å². The third-order valence-corrected chi connectivity index (χ3v) is 4.93. The first-order valence-corrected chi connectivity index (χ1v) is 9.65. The molecule has 0 fully saturated rings. The van der Waals surface area contributed by atoms with E-state index in [1.165, 1.54) is 24.8 Å². The maximum atomic E-state index is 12.6. The molecular formula is C21H26N2O7. The Morgan fingerprint density at radius 3 is 2.63 bits per heavy atom. The third-order valence-electron chi connectivity index (χ3n) is 4.93. The van der Waals surface area contributed by atoms with Crippen LogP contribution in [0.15, 0.2) is 16.9 Å². The van der Waals surface area contributed by atoms with Crippen LogP contribution in [0.1, 0.15) is 42.3 Å². The van der Waals surface area contributed by atoms with E-state index in [-0.39, 0.29) is 17.4 Å². The van der Waals surface area contributed by atoms with Gasteiger partial charge in [0.25, 0.3) is 11.4 Å². The van der Waals surface area contributed by atoms with E-state index in [4.69, 9.17) is 18.9 Å². The second-order valence-corrected chi connectivity index (χ2v) is 7.35. The number of carboxylic acid groups (broad SMARTS) is 1. The van der Waals surface area contributed by atoms with Crippen LogP contribution in [0.2, 0.25) is 0 Å². The van der Waals surface area contributed by atoms with Crippen LogP contribution in [0.25, 0.3) is 11.4 Å². The minimum absolute atomic E-state index is 0.0178. The Morgan fingerprint density at radius 1 is 1.30 bits per heavy atom. The van der Waals surface area contributed by atoms with Gasteiger partial charge in [0.15, 0.2) is 11.5 Å². The van der Waals surface area contributed by atoms with Crippen molar-refractivity contribution in [1.82, 2.24) is 9.55 Å². The number of rotatable bonds is 8. The highest BCUT2D eigenvalue weighted by Gasteiger charge is 2.34. The van der Waals surface area contributed by atoms with Crippen molar-refractivity contribution in [2.24, 2.45) is 13.0 Å². The highest BCUT2D eigenvalue weighted by molar-refractivity contribution is 5.88. The van der Waals surface area contributed by atoms with Gasteiger partial charge in [-0.3, -0.25) is 4.79 Å². The fraction of sp³-hybridized carbons (Fsp3) is 0.476. The summed E-state index contributed by atoms with van der Waals surface area (Å²) in [5.74, 6) is -0.146. The molecule has 3 rings (SSSR count). The van der Waals surface area contributed by atoms with Crippen LogP contribution >= 0.6 is 0 Å². The molecule has 0 saturated heterocycles. The van der Waals surface area contributed by atoms with Crippen molar-refractivity contribution in [1.29, 1.82) is 0 Å². The Morgan fingerprint density at radius 2 is 2.03 bits per heavy atom. The zero-order chi connectivity index (χ0) is 22.0. The maximum absolute atomic E-state index is 12.6. The average Bonchev–Trinajstić information content (AvgIpc) is 2.71. The van der Waals surface area contributed by atoms with Gasteiger partial charge in [0.1, 0.15) is 17.4 Å². The van der Waals surface area contributed by atoms with Gasteiger partial charge < -0.3 is 28.6 Å². The predicted octanol–water partition coefficient (Wildman–Crippen LogP) is 2.66. The highest BCUT2D eigenvalue weighted by atomic mass is 16.5.